The maximum atomic E-state index is 5.14. The van der Waals surface area contributed by atoms with E-state index in [1.807, 2.05) is 46.8 Å². The first-order valence-corrected chi connectivity index (χ1v) is 4.73. The van der Waals surface area contributed by atoms with Gasteiger partial charge < -0.3 is 0 Å². The van der Waals surface area contributed by atoms with Crippen LogP contribution in [-0.4, -0.2) is 4.98 Å². The Morgan fingerprint density at radius 2 is 1.77 bits per heavy atom. The fourth-order valence-corrected chi connectivity index (χ4v) is 0.637. The summed E-state index contributed by atoms with van der Waals surface area (Å²) in [5, 5.41) is 0. The first-order chi connectivity index (χ1) is 6.34. The fourth-order valence-electron chi connectivity index (χ4n) is 0.637. The second-order valence-electron chi connectivity index (χ2n) is 1.81. The number of terminal acetylenes is 1. The average Bonchev–Trinajstić information content (AvgIpc) is 2.24. The summed E-state index contributed by atoms with van der Waals surface area (Å²) < 4.78 is 0. The molecule has 0 saturated carbocycles. The first kappa shape index (κ1) is 14.2. The molecule has 72 valence electrons. The molecule has 1 rings (SSSR count). The van der Waals surface area contributed by atoms with Crippen molar-refractivity contribution in [2.24, 2.45) is 0 Å². The van der Waals surface area contributed by atoms with Gasteiger partial charge in [-0.15, -0.1) is 6.42 Å². The number of aromatic nitrogens is 1. The molecule has 0 amide bonds. The van der Waals surface area contributed by atoms with Crippen LogP contribution >= 0.6 is 0 Å². The number of nitrogens with zero attached hydrogens (tertiary/aromatic N) is 1. The normalized spacial score (nSPS) is 6.77. The van der Waals surface area contributed by atoms with E-state index in [-0.39, 0.29) is 0 Å². The molecule has 0 spiro atoms. The molecule has 13 heavy (non-hydrogen) atoms. The number of hydrogen-bond acceptors (Lipinski definition) is 1. The third kappa shape index (κ3) is 5.93. The molecule has 1 nitrogen and oxygen atoms in total. The van der Waals surface area contributed by atoms with Gasteiger partial charge in [-0.05, 0) is 24.5 Å². The van der Waals surface area contributed by atoms with Crippen molar-refractivity contribution in [1.29, 1.82) is 0 Å². The molecule has 0 radical (unpaired) electrons. The minimum absolute atomic E-state index is 0.734. The smallest absolute Gasteiger partial charge is 0.115 e. The van der Waals surface area contributed by atoms with Crippen LogP contribution in [0, 0.1) is 19.3 Å². The van der Waals surface area contributed by atoms with Crippen LogP contribution in [0.4, 0.5) is 0 Å². The molecule has 0 aliphatic carbocycles. The highest BCUT2D eigenvalue weighted by atomic mass is 14.7. The summed E-state index contributed by atoms with van der Waals surface area (Å²) in [7, 11) is 0. The Kier molecular flexibility index (Phi) is 11.7. The van der Waals surface area contributed by atoms with Crippen molar-refractivity contribution in [2.45, 2.75) is 34.6 Å². The summed E-state index contributed by atoms with van der Waals surface area (Å²) in [5.41, 5.74) is 1.79. The lowest BCUT2D eigenvalue weighted by molar-refractivity contribution is 1.23. The molecule has 0 N–H and O–H groups in total. The van der Waals surface area contributed by atoms with Crippen LogP contribution in [0.15, 0.2) is 18.3 Å². The molecule has 0 unspecified atom stereocenters. The molecule has 1 aromatic rings. The van der Waals surface area contributed by atoms with Crippen molar-refractivity contribution in [1.82, 2.24) is 4.98 Å². The van der Waals surface area contributed by atoms with E-state index in [9.17, 15) is 0 Å². The molecule has 0 aromatic carbocycles. The first-order valence-electron chi connectivity index (χ1n) is 4.73. The minimum Gasteiger partial charge on any atom is -0.248 e. The zero-order valence-electron chi connectivity index (χ0n) is 9.26. The zero-order chi connectivity index (χ0) is 10.7. The maximum absolute atomic E-state index is 5.14. The largest absolute Gasteiger partial charge is 0.248 e. The van der Waals surface area contributed by atoms with Crippen LogP contribution in [0.3, 0.4) is 0 Å². The highest BCUT2D eigenvalue weighted by Gasteiger charge is 1.89. The van der Waals surface area contributed by atoms with Gasteiger partial charge in [0.1, 0.15) is 5.69 Å². The molecule has 1 heteroatoms. The van der Waals surface area contributed by atoms with Gasteiger partial charge in [0.25, 0.3) is 0 Å². The van der Waals surface area contributed by atoms with Gasteiger partial charge in [-0.1, -0.05) is 33.8 Å². The Hall–Kier alpha value is -1.29. The fraction of sp³-hybridized carbons (Fsp3) is 0.417. The van der Waals surface area contributed by atoms with Crippen LogP contribution in [0.25, 0.3) is 0 Å². The van der Waals surface area contributed by atoms with Crippen molar-refractivity contribution < 1.29 is 0 Å². The van der Waals surface area contributed by atoms with Gasteiger partial charge >= 0.3 is 0 Å². The number of rotatable bonds is 0. The van der Waals surface area contributed by atoms with Gasteiger partial charge in [0.2, 0.25) is 0 Å². The van der Waals surface area contributed by atoms with E-state index in [0.717, 1.165) is 11.3 Å². The second kappa shape index (κ2) is 10.7. The van der Waals surface area contributed by atoms with Gasteiger partial charge in [-0.2, -0.15) is 0 Å². The standard InChI is InChI=1S/C8H7N.2C2H6/c1-3-8-7(2)5-4-6-9-8;2*1-2/h1,4-6H,2H3;2*1-2H3. The Morgan fingerprint density at radius 3 is 2.08 bits per heavy atom. The molecule has 0 bridgehead atoms. The lowest BCUT2D eigenvalue weighted by Crippen LogP contribution is -1.83. The van der Waals surface area contributed by atoms with Crippen LogP contribution in [0.5, 0.6) is 0 Å². The highest BCUT2D eigenvalue weighted by Crippen LogP contribution is 1.99. The molecular weight excluding hydrogens is 158 g/mol. The predicted octanol–water partition coefficient (Wildman–Crippen LogP) is 3.42. The predicted molar refractivity (Wildman–Crippen MR) is 59.6 cm³/mol. The Bertz CT molecular complexity index is 246. The Balaban J connectivity index is 0. The topological polar surface area (TPSA) is 12.9 Å². The summed E-state index contributed by atoms with van der Waals surface area (Å²) in [6.45, 7) is 9.95. The molecule has 0 aliphatic rings. The van der Waals surface area contributed by atoms with Crippen molar-refractivity contribution in [3.8, 4) is 12.3 Å². The summed E-state index contributed by atoms with van der Waals surface area (Å²) in [6, 6.07) is 3.82. The molecule has 0 fully saturated rings. The van der Waals surface area contributed by atoms with Crippen LogP contribution < -0.4 is 0 Å². The van der Waals surface area contributed by atoms with Gasteiger partial charge in [-0.25, -0.2) is 4.98 Å². The van der Waals surface area contributed by atoms with Gasteiger partial charge in [-0.3, -0.25) is 0 Å². The van der Waals surface area contributed by atoms with Crippen molar-refractivity contribution in [3.63, 3.8) is 0 Å². The molecule has 0 saturated heterocycles. The van der Waals surface area contributed by atoms with E-state index < -0.39 is 0 Å². The van der Waals surface area contributed by atoms with E-state index in [1.54, 1.807) is 6.20 Å². The van der Waals surface area contributed by atoms with Gasteiger partial charge in [0.15, 0.2) is 0 Å². The monoisotopic (exact) mass is 177 g/mol. The summed E-state index contributed by atoms with van der Waals surface area (Å²) in [5.74, 6) is 2.48. The lowest BCUT2D eigenvalue weighted by atomic mass is 10.2. The molecule has 0 aliphatic heterocycles. The number of aryl methyl sites for hydroxylation is 1. The van der Waals surface area contributed by atoms with Gasteiger partial charge in [0.05, 0.1) is 0 Å². The van der Waals surface area contributed by atoms with E-state index >= 15 is 0 Å². The highest BCUT2D eigenvalue weighted by molar-refractivity contribution is 5.31. The second-order valence-corrected chi connectivity index (χ2v) is 1.81. The molecular formula is C12H19N. The zero-order valence-corrected chi connectivity index (χ0v) is 9.26. The van der Waals surface area contributed by atoms with Crippen LogP contribution in [-0.2, 0) is 0 Å². The quantitative estimate of drug-likeness (QED) is 0.553. The SMILES string of the molecule is C#Cc1ncccc1C.CC.CC. The number of hydrogen-bond donors (Lipinski definition) is 0. The van der Waals surface area contributed by atoms with E-state index in [4.69, 9.17) is 6.42 Å². The average molecular weight is 177 g/mol. The Morgan fingerprint density at radius 1 is 1.23 bits per heavy atom. The molecule has 1 heterocycles. The van der Waals surface area contributed by atoms with E-state index in [2.05, 4.69) is 10.9 Å². The van der Waals surface area contributed by atoms with Crippen molar-refractivity contribution >= 4 is 0 Å². The van der Waals surface area contributed by atoms with Crippen molar-refractivity contribution in [3.05, 3.63) is 29.6 Å². The lowest BCUT2D eigenvalue weighted by Gasteiger charge is -1.91. The molecule has 1 aromatic heterocycles. The summed E-state index contributed by atoms with van der Waals surface area (Å²) in [4.78, 5) is 3.96. The van der Waals surface area contributed by atoms with E-state index in [1.165, 1.54) is 0 Å². The minimum atomic E-state index is 0.734. The van der Waals surface area contributed by atoms with E-state index in [0.29, 0.717) is 0 Å². The summed E-state index contributed by atoms with van der Waals surface area (Å²) in [6.07, 6.45) is 6.83. The Labute approximate surface area is 82.2 Å². The van der Waals surface area contributed by atoms with Gasteiger partial charge in [0, 0.05) is 6.20 Å². The van der Waals surface area contributed by atoms with Crippen LogP contribution in [0.1, 0.15) is 39.0 Å². The third-order valence-electron chi connectivity index (χ3n) is 1.15. The molecule has 0 atom stereocenters. The maximum Gasteiger partial charge on any atom is 0.115 e. The number of pyridine rings is 1. The van der Waals surface area contributed by atoms with Crippen molar-refractivity contribution in [2.75, 3.05) is 0 Å². The third-order valence-corrected chi connectivity index (χ3v) is 1.15. The van der Waals surface area contributed by atoms with Crippen LogP contribution in [0.2, 0.25) is 0 Å². The summed E-state index contributed by atoms with van der Waals surface area (Å²) >= 11 is 0.